The van der Waals surface area contributed by atoms with Gasteiger partial charge in [0.05, 0.1) is 18.5 Å². The standard InChI is InChI=1S/C11H13N5O4/c12-10-14-8-5(9(19)15-10)13-2-16(8)6-4-3(1-17)7(18)11(4,6)20/h2-4,6-7,17-18,20H,1H2,(H3,12,14,15,19)/t3-,4?,6?,7?,11?/m0/s1. The van der Waals surface area contributed by atoms with Gasteiger partial charge in [-0.25, -0.2) is 4.98 Å². The highest BCUT2D eigenvalue weighted by Gasteiger charge is 2.82. The number of hydrogen-bond donors (Lipinski definition) is 5. The largest absolute Gasteiger partial charge is 0.396 e. The van der Waals surface area contributed by atoms with Gasteiger partial charge in [-0.1, -0.05) is 0 Å². The topological polar surface area (TPSA) is 150 Å². The van der Waals surface area contributed by atoms with Gasteiger partial charge in [-0.3, -0.25) is 9.78 Å². The molecule has 2 saturated carbocycles. The number of aliphatic hydroxyl groups excluding tert-OH is 2. The van der Waals surface area contributed by atoms with Gasteiger partial charge in [0.15, 0.2) is 11.2 Å². The first-order valence-electron chi connectivity index (χ1n) is 6.23. The summed E-state index contributed by atoms with van der Waals surface area (Å²) in [5, 5.41) is 29.4. The van der Waals surface area contributed by atoms with Crippen molar-refractivity contribution in [3.05, 3.63) is 16.7 Å². The molecule has 0 saturated heterocycles. The Morgan fingerprint density at radius 3 is 2.95 bits per heavy atom. The summed E-state index contributed by atoms with van der Waals surface area (Å²) in [5.74, 6) is -0.674. The summed E-state index contributed by atoms with van der Waals surface area (Å²) in [6, 6.07) is -0.451. The summed E-state index contributed by atoms with van der Waals surface area (Å²) in [7, 11) is 0. The zero-order chi connectivity index (χ0) is 14.2. The van der Waals surface area contributed by atoms with Gasteiger partial charge in [-0.15, -0.1) is 0 Å². The number of aromatic nitrogens is 4. The molecule has 2 aliphatic rings. The first-order valence-corrected chi connectivity index (χ1v) is 6.23. The number of hydrogen-bond acceptors (Lipinski definition) is 7. The second-order valence-corrected chi connectivity index (χ2v) is 5.42. The summed E-state index contributed by atoms with van der Waals surface area (Å²) in [6.45, 7) is -0.201. The van der Waals surface area contributed by atoms with E-state index in [1.54, 1.807) is 4.57 Å². The average molecular weight is 279 g/mol. The second kappa shape index (κ2) is 3.37. The lowest BCUT2D eigenvalue weighted by Crippen LogP contribution is -2.50. The lowest BCUT2D eigenvalue weighted by molar-refractivity contribution is -0.128. The molecule has 0 radical (unpaired) electrons. The number of nitrogen functional groups attached to an aromatic ring is 1. The van der Waals surface area contributed by atoms with Crippen molar-refractivity contribution in [3.8, 4) is 0 Å². The lowest BCUT2D eigenvalue weighted by atomic mass is 9.80. The Labute approximate surface area is 111 Å². The van der Waals surface area contributed by atoms with Gasteiger partial charge in [-0.2, -0.15) is 4.98 Å². The van der Waals surface area contributed by atoms with Crippen LogP contribution in [0, 0.1) is 11.8 Å². The van der Waals surface area contributed by atoms with Crippen LogP contribution in [-0.2, 0) is 0 Å². The molecule has 2 heterocycles. The van der Waals surface area contributed by atoms with Gasteiger partial charge in [-0.05, 0) is 0 Å². The minimum Gasteiger partial charge on any atom is -0.396 e. The number of anilines is 1. The molecular formula is C11H13N5O4. The molecule has 6 N–H and O–H groups in total. The Morgan fingerprint density at radius 2 is 2.30 bits per heavy atom. The van der Waals surface area contributed by atoms with E-state index >= 15 is 0 Å². The van der Waals surface area contributed by atoms with Gasteiger partial charge in [0, 0.05) is 18.4 Å². The molecule has 4 unspecified atom stereocenters. The van der Waals surface area contributed by atoms with Crippen molar-refractivity contribution in [2.75, 3.05) is 12.3 Å². The van der Waals surface area contributed by atoms with E-state index in [9.17, 15) is 20.1 Å². The fourth-order valence-corrected chi connectivity index (χ4v) is 3.53. The van der Waals surface area contributed by atoms with Crippen molar-refractivity contribution in [1.82, 2.24) is 19.5 Å². The van der Waals surface area contributed by atoms with Gasteiger partial charge < -0.3 is 25.6 Å². The van der Waals surface area contributed by atoms with Crippen molar-refractivity contribution in [3.63, 3.8) is 0 Å². The van der Waals surface area contributed by atoms with Gasteiger partial charge in [0.25, 0.3) is 5.56 Å². The molecule has 2 aliphatic carbocycles. The number of aromatic amines is 1. The third-order valence-corrected chi connectivity index (χ3v) is 4.54. The average Bonchev–Trinajstić information content (AvgIpc) is 2.75. The minimum absolute atomic E-state index is 0.0384. The van der Waals surface area contributed by atoms with Crippen LogP contribution in [0.5, 0.6) is 0 Å². The normalized spacial score (nSPS) is 38.5. The SMILES string of the molecule is Nc1nc2c(ncn2C2C3[C@H](CO)C(O)C32O)c(=O)[nH]1. The van der Waals surface area contributed by atoms with E-state index in [4.69, 9.17) is 5.73 Å². The lowest BCUT2D eigenvalue weighted by Gasteiger charge is -2.34. The number of fused-ring (bicyclic) bond motifs is 2. The van der Waals surface area contributed by atoms with E-state index in [2.05, 4.69) is 15.0 Å². The Bertz CT molecular complexity index is 770. The maximum Gasteiger partial charge on any atom is 0.280 e. The van der Waals surface area contributed by atoms with Crippen LogP contribution in [0.3, 0.4) is 0 Å². The maximum atomic E-state index is 11.7. The number of nitrogens with two attached hydrogens (primary N) is 1. The smallest absolute Gasteiger partial charge is 0.280 e. The van der Waals surface area contributed by atoms with Crippen LogP contribution < -0.4 is 11.3 Å². The summed E-state index contributed by atoms with van der Waals surface area (Å²) in [4.78, 5) is 22.0. The molecular weight excluding hydrogens is 266 g/mol. The van der Waals surface area contributed by atoms with Crippen molar-refractivity contribution < 1.29 is 15.3 Å². The number of nitrogens with one attached hydrogen (secondary N) is 1. The van der Waals surface area contributed by atoms with Crippen LogP contribution in [0.1, 0.15) is 6.04 Å². The maximum absolute atomic E-state index is 11.7. The highest BCUT2D eigenvalue weighted by atomic mass is 16.4. The first-order chi connectivity index (χ1) is 9.50. The first kappa shape index (κ1) is 11.8. The van der Waals surface area contributed by atoms with Crippen molar-refractivity contribution in [1.29, 1.82) is 0 Å². The monoisotopic (exact) mass is 279 g/mol. The number of aliphatic hydroxyl groups is 3. The van der Waals surface area contributed by atoms with Crippen LogP contribution in [-0.4, -0.2) is 53.2 Å². The Balaban J connectivity index is 1.84. The number of H-pyrrole nitrogens is 1. The third-order valence-electron chi connectivity index (χ3n) is 4.54. The molecule has 9 nitrogen and oxygen atoms in total. The van der Waals surface area contributed by atoms with E-state index in [0.717, 1.165) is 0 Å². The number of nitrogens with zero attached hydrogens (tertiary/aromatic N) is 3. The molecule has 0 bridgehead atoms. The molecule has 2 aromatic heterocycles. The highest BCUT2D eigenvalue weighted by Crippen LogP contribution is 2.70. The number of rotatable bonds is 2. The summed E-state index contributed by atoms with van der Waals surface area (Å²) >= 11 is 0. The fraction of sp³-hybridized carbons (Fsp3) is 0.545. The summed E-state index contributed by atoms with van der Waals surface area (Å²) < 4.78 is 1.55. The Kier molecular flexibility index (Phi) is 1.99. The van der Waals surface area contributed by atoms with E-state index < -0.39 is 23.3 Å². The van der Waals surface area contributed by atoms with Gasteiger partial charge in [0.2, 0.25) is 5.95 Å². The summed E-state index contributed by atoms with van der Waals surface area (Å²) in [5.41, 5.74) is 4.18. The molecule has 2 fully saturated rings. The highest BCUT2D eigenvalue weighted by molar-refractivity contribution is 5.71. The van der Waals surface area contributed by atoms with Gasteiger partial charge >= 0.3 is 0 Å². The second-order valence-electron chi connectivity index (χ2n) is 5.42. The minimum atomic E-state index is -1.28. The molecule has 0 spiro atoms. The molecule has 0 aliphatic heterocycles. The quantitative estimate of drug-likeness (QED) is 0.410. The Morgan fingerprint density at radius 1 is 1.55 bits per heavy atom. The van der Waals surface area contributed by atoms with Gasteiger partial charge in [0.1, 0.15) is 5.60 Å². The van der Waals surface area contributed by atoms with Crippen molar-refractivity contribution in [2.24, 2.45) is 11.8 Å². The molecule has 4 rings (SSSR count). The van der Waals surface area contributed by atoms with Crippen LogP contribution in [0.4, 0.5) is 5.95 Å². The number of imidazole rings is 1. The predicted octanol–water partition coefficient (Wildman–Crippen LogP) is -2.41. The molecule has 106 valence electrons. The Hall–Kier alpha value is -1.97. The zero-order valence-corrected chi connectivity index (χ0v) is 10.3. The van der Waals surface area contributed by atoms with Crippen LogP contribution in [0.2, 0.25) is 0 Å². The summed E-state index contributed by atoms with van der Waals surface area (Å²) in [6.07, 6.45) is 0.411. The molecule has 5 atom stereocenters. The van der Waals surface area contributed by atoms with Crippen molar-refractivity contribution in [2.45, 2.75) is 17.7 Å². The molecule has 9 heteroatoms. The van der Waals surface area contributed by atoms with Crippen molar-refractivity contribution >= 4 is 17.1 Å². The van der Waals surface area contributed by atoms with E-state index in [-0.39, 0.29) is 35.6 Å². The fourth-order valence-electron chi connectivity index (χ4n) is 3.53. The van der Waals surface area contributed by atoms with E-state index in [1.165, 1.54) is 6.33 Å². The molecule has 2 aromatic rings. The molecule has 0 aromatic carbocycles. The van der Waals surface area contributed by atoms with E-state index in [0.29, 0.717) is 0 Å². The van der Waals surface area contributed by atoms with Crippen LogP contribution in [0.15, 0.2) is 11.1 Å². The zero-order valence-electron chi connectivity index (χ0n) is 10.3. The van der Waals surface area contributed by atoms with Crippen LogP contribution in [0.25, 0.3) is 11.2 Å². The molecule has 20 heavy (non-hydrogen) atoms. The third kappa shape index (κ3) is 1.11. The van der Waals surface area contributed by atoms with Crippen LogP contribution >= 0.6 is 0 Å². The van der Waals surface area contributed by atoms with E-state index in [1.807, 2.05) is 0 Å². The molecule has 0 amide bonds. The predicted molar refractivity (Wildman–Crippen MR) is 66.6 cm³/mol.